The lowest BCUT2D eigenvalue weighted by atomic mass is 9.90. The van der Waals surface area contributed by atoms with E-state index < -0.39 is 0 Å². The Kier molecular flexibility index (Phi) is 5.13. The summed E-state index contributed by atoms with van der Waals surface area (Å²) < 4.78 is 11.3. The first-order chi connectivity index (χ1) is 12.8. The maximum atomic E-state index is 9.42. The Balaban J connectivity index is 1.57. The van der Waals surface area contributed by atoms with E-state index in [9.17, 15) is 5.11 Å². The number of aliphatic hydroxyl groups is 1. The molecule has 2 aromatic rings. The standard InChI is InChI=1S/C20H27N3O3/c1-25-16-2-3-18-17(11-16)20-19(12-22-18)26-9-8-23(20)7-5-14-4-6-21-15(10-14)13-24/h2-3,11-12,14-15,21,24H,4-10,13H2,1H3. The third-order valence-electron chi connectivity index (χ3n) is 5.58. The second-order valence-electron chi connectivity index (χ2n) is 7.20. The van der Waals surface area contributed by atoms with Gasteiger partial charge in [0.15, 0.2) is 5.75 Å². The minimum Gasteiger partial charge on any atom is -0.497 e. The molecule has 0 saturated carbocycles. The zero-order chi connectivity index (χ0) is 17.9. The van der Waals surface area contributed by atoms with Gasteiger partial charge in [-0.25, -0.2) is 0 Å². The van der Waals surface area contributed by atoms with Gasteiger partial charge in [0, 0.05) is 18.0 Å². The molecule has 2 N–H and O–H groups in total. The summed E-state index contributed by atoms with van der Waals surface area (Å²) >= 11 is 0. The van der Waals surface area contributed by atoms with Gasteiger partial charge in [-0.2, -0.15) is 0 Å². The van der Waals surface area contributed by atoms with Crippen molar-refractivity contribution in [3.05, 3.63) is 24.4 Å². The van der Waals surface area contributed by atoms with Crippen molar-refractivity contribution < 1.29 is 14.6 Å². The van der Waals surface area contributed by atoms with Crippen molar-refractivity contribution in [2.75, 3.05) is 44.9 Å². The first-order valence-electron chi connectivity index (χ1n) is 9.47. The summed E-state index contributed by atoms with van der Waals surface area (Å²) in [6, 6.07) is 6.24. The Hall–Kier alpha value is -2.05. The normalized spacial score (nSPS) is 22.8. The first kappa shape index (κ1) is 17.4. The number of aromatic nitrogens is 1. The smallest absolute Gasteiger partial charge is 0.161 e. The lowest BCUT2D eigenvalue weighted by Crippen LogP contribution is -2.42. The summed E-state index contributed by atoms with van der Waals surface area (Å²) in [7, 11) is 1.69. The van der Waals surface area contributed by atoms with E-state index in [4.69, 9.17) is 9.47 Å². The molecular weight excluding hydrogens is 330 g/mol. The number of anilines is 1. The van der Waals surface area contributed by atoms with Crippen LogP contribution in [-0.2, 0) is 0 Å². The summed E-state index contributed by atoms with van der Waals surface area (Å²) in [6.07, 6.45) is 5.20. The van der Waals surface area contributed by atoms with E-state index in [2.05, 4.69) is 21.3 Å². The Morgan fingerprint density at radius 2 is 2.35 bits per heavy atom. The molecule has 2 aliphatic rings. The molecule has 0 radical (unpaired) electrons. The van der Waals surface area contributed by atoms with Crippen LogP contribution in [0.25, 0.3) is 10.9 Å². The second kappa shape index (κ2) is 7.68. The number of hydrogen-bond acceptors (Lipinski definition) is 6. The average Bonchev–Trinajstić information content (AvgIpc) is 2.71. The van der Waals surface area contributed by atoms with Gasteiger partial charge in [-0.15, -0.1) is 0 Å². The van der Waals surface area contributed by atoms with E-state index >= 15 is 0 Å². The molecule has 2 unspecified atom stereocenters. The van der Waals surface area contributed by atoms with E-state index in [-0.39, 0.29) is 12.6 Å². The topological polar surface area (TPSA) is 66.9 Å². The summed E-state index contributed by atoms with van der Waals surface area (Å²) in [5, 5.41) is 13.9. The number of aliphatic hydroxyl groups excluding tert-OH is 1. The third-order valence-corrected chi connectivity index (χ3v) is 5.58. The molecule has 140 valence electrons. The number of rotatable bonds is 5. The highest BCUT2D eigenvalue weighted by Crippen LogP contribution is 2.39. The first-order valence-corrected chi connectivity index (χ1v) is 9.47. The zero-order valence-corrected chi connectivity index (χ0v) is 15.3. The molecule has 26 heavy (non-hydrogen) atoms. The number of piperidine rings is 1. The van der Waals surface area contributed by atoms with Crippen LogP contribution in [0.2, 0.25) is 0 Å². The van der Waals surface area contributed by atoms with Gasteiger partial charge in [0.05, 0.1) is 37.7 Å². The number of fused-ring (bicyclic) bond motifs is 3. The number of benzene rings is 1. The predicted octanol–water partition coefficient (Wildman–Crippen LogP) is 2.19. The molecule has 1 aromatic carbocycles. The van der Waals surface area contributed by atoms with Gasteiger partial charge >= 0.3 is 0 Å². The van der Waals surface area contributed by atoms with Gasteiger partial charge in [-0.3, -0.25) is 4.98 Å². The number of pyridine rings is 1. The minimum atomic E-state index is 0.229. The fourth-order valence-corrected chi connectivity index (χ4v) is 4.13. The van der Waals surface area contributed by atoms with Crippen LogP contribution >= 0.6 is 0 Å². The maximum absolute atomic E-state index is 9.42. The Bertz CT molecular complexity index is 762. The quantitative estimate of drug-likeness (QED) is 0.855. The van der Waals surface area contributed by atoms with Crippen LogP contribution in [0.5, 0.6) is 11.5 Å². The molecule has 0 amide bonds. The summed E-state index contributed by atoms with van der Waals surface area (Å²) in [4.78, 5) is 6.96. The van der Waals surface area contributed by atoms with E-state index in [0.717, 1.165) is 60.6 Å². The van der Waals surface area contributed by atoms with Crippen LogP contribution < -0.4 is 19.7 Å². The largest absolute Gasteiger partial charge is 0.497 e. The molecular formula is C20H27N3O3. The Labute approximate surface area is 154 Å². The molecule has 6 nitrogen and oxygen atoms in total. The number of nitrogens with one attached hydrogen (secondary N) is 1. The fraction of sp³-hybridized carbons (Fsp3) is 0.550. The lowest BCUT2D eigenvalue weighted by molar-refractivity contribution is 0.188. The van der Waals surface area contributed by atoms with Crippen LogP contribution in [0.4, 0.5) is 5.69 Å². The fourth-order valence-electron chi connectivity index (χ4n) is 4.13. The van der Waals surface area contributed by atoms with Crippen molar-refractivity contribution in [1.82, 2.24) is 10.3 Å². The van der Waals surface area contributed by atoms with Gasteiger partial charge in [-0.05, 0) is 49.9 Å². The lowest BCUT2D eigenvalue weighted by Gasteiger charge is -2.35. The second-order valence-corrected chi connectivity index (χ2v) is 7.20. The molecule has 6 heteroatoms. The Morgan fingerprint density at radius 1 is 1.42 bits per heavy atom. The molecule has 4 rings (SSSR count). The maximum Gasteiger partial charge on any atom is 0.161 e. The van der Waals surface area contributed by atoms with Crippen LogP contribution in [-0.4, -0.2) is 56.1 Å². The van der Waals surface area contributed by atoms with E-state index in [1.165, 1.54) is 6.42 Å². The SMILES string of the molecule is COc1ccc2ncc3c(c2c1)N(CCC1CCNC(CO)C1)CCO3. The van der Waals surface area contributed by atoms with Crippen LogP contribution in [0, 0.1) is 5.92 Å². The molecule has 1 saturated heterocycles. The monoisotopic (exact) mass is 357 g/mol. The number of ether oxygens (including phenoxy) is 2. The molecule has 1 fully saturated rings. The van der Waals surface area contributed by atoms with Crippen LogP contribution in [0.3, 0.4) is 0 Å². The van der Waals surface area contributed by atoms with Crippen molar-refractivity contribution in [1.29, 1.82) is 0 Å². The molecule has 3 heterocycles. The minimum absolute atomic E-state index is 0.229. The highest BCUT2D eigenvalue weighted by atomic mass is 16.5. The van der Waals surface area contributed by atoms with Crippen molar-refractivity contribution in [2.24, 2.45) is 5.92 Å². The van der Waals surface area contributed by atoms with Crippen LogP contribution in [0.15, 0.2) is 24.4 Å². The molecule has 0 spiro atoms. The van der Waals surface area contributed by atoms with E-state index in [1.807, 2.05) is 18.3 Å². The van der Waals surface area contributed by atoms with E-state index in [0.29, 0.717) is 12.5 Å². The van der Waals surface area contributed by atoms with Crippen molar-refractivity contribution in [3.63, 3.8) is 0 Å². The number of hydrogen-bond donors (Lipinski definition) is 2. The van der Waals surface area contributed by atoms with Crippen molar-refractivity contribution in [2.45, 2.75) is 25.3 Å². The molecule has 2 atom stereocenters. The van der Waals surface area contributed by atoms with Gasteiger partial charge in [0.2, 0.25) is 0 Å². The number of nitrogens with zero attached hydrogens (tertiary/aromatic N) is 2. The molecule has 1 aromatic heterocycles. The van der Waals surface area contributed by atoms with Crippen molar-refractivity contribution in [3.8, 4) is 11.5 Å². The average molecular weight is 357 g/mol. The summed E-state index contributed by atoms with van der Waals surface area (Å²) in [6.45, 7) is 3.80. The van der Waals surface area contributed by atoms with Crippen LogP contribution in [0.1, 0.15) is 19.3 Å². The third kappa shape index (κ3) is 3.44. The van der Waals surface area contributed by atoms with Gasteiger partial charge in [0.25, 0.3) is 0 Å². The van der Waals surface area contributed by atoms with Crippen molar-refractivity contribution >= 4 is 16.6 Å². The molecule has 0 aliphatic carbocycles. The number of methoxy groups -OCH3 is 1. The van der Waals surface area contributed by atoms with Gasteiger partial charge in [-0.1, -0.05) is 0 Å². The Morgan fingerprint density at radius 3 is 3.19 bits per heavy atom. The zero-order valence-electron chi connectivity index (χ0n) is 15.3. The van der Waals surface area contributed by atoms with Gasteiger partial charge < -0.3 is 24.8 Å². The summed E-state index contributed by atoms with van der Waals surface area (Å²) in [5.74, 6) is 2.35. The molecule has 2 aliphatic heterocycles. The molecule has 0 bridgehead atoms. The van der Waals surface area contributed by atoms with Gasteiger partial charge in [0.1, 0.15) is 12.4 Å². The highest BCUT2D eigenvalue weighted by Gasteiger charge is 2.25. The highest BCUT2D eigenvalue weighted by molar-refractivity contribution is 5.96. The predicted molar refractivity (Wildman–Crippen MR) is 102 cm³/mol. The summed E-state index contributed by atoms with van der Waals surface area (Å²) in [5.41, 5.74) is 2.09. The van der Waals surface area contributed by atoms with E-state index in [1.54, 1.807) is 7.11 Å².